The zero-order chi connectivity index (χ0) is 28.6. The van der Waals surface area contributed by atoms with Gasteiger partial charge in [-0.1, -0.05) is 78.9 Å². The summed E-state index contributed by atoms with van der Waals surface area (Å²) in [7, 11) is 0. The third-order valence-electron chi connectivity index (χ3n) is 6.97. The van der Waals surface area contributed by atoms with Crippen LogP contribution in [0.25, 0.3) is 11.1 Å². The Kier molecular flexibility index (Phi) is 8.59. The first-order valence-electron chi connectivity index (χ1n) is 13.4. The van der Waals surface area contributed by atoms with E-state index in [1.54, 1.807) is 24.3 Å². The van der Waals surface area contributed by atoms with E-state index in [2.05, 4.69) is 10.6 Å². The van der Waals surface area contributed by atoms with Crippen LogP contribution >= 0.6 is 0 Å². The molecule has 8 heteroatoms. The molecule has 0 radical (unpaired) electrons. The quantitative estimate of drug-likeness (QED) is 0.212. The van der Waals surface area contributed by atoms with E-state index in [1.165, 1.54) is 0 Å². The molecule has 41 heavy (non-hydrogen) atoms. The van der Waals surface area contributed by atoms with Crippen LogP contribution in [-0.2, 0) is 20.9 Å². The van der Waals surface area contributed by atoms with Crippen molar-refractivity contribution in [3.63, 3.8) is 0 Å². The number of nitrogens with one attached hydrogen (secondary N) is 2. The highest BCUT2D eigenvalue weighted by Gasteiger charge is 2.30. The molecule has 0 aliphatic heterocycles. The highest BCUT2D eigenvalue weighted by molar-refractivity contribution is 5.96. The predicted octanol–water partition coefficient (Wildman–Crippen LogP) is 5.98. The topological polar surface area (TPSA) is 114 Å². The number of hydrogen-bond donors (Lipinski definition) is 3. The first-order valence-corrected chi connectivity index (χ1v) is 13.4. The van der Waals surface area contributed by atoms with Crippen molar-refractivity contribution < 1.29 is 29.0 Å². The summed E-state index contributed by atoms with van der Waals surface area (Å²) in [4.78, 5) is 37.0. The number of carboxylic acids is 1. The second-order valence-corrected chi connectivity index (χ2v) is 9.74. The molecule has 4 aromatic rings. The SMILES string of the molecule is O=C(O)CCC(NC(=O)OCC1c2ccccc2-c2ccccc21)C(=O)Nc1ccc(OCc2ccccc2)cc1. The molecule has 8 nitrogen and oxygen atoms in total. The average molecular weight is 551 g/mol. The number of rotatable bonds is 11. The van der Waals surface area contributed by atoms with Crippen LogP contribution in [0, 0.1) is 0 Å². The number of alkyl carbamates (subject to hydrolysis) is 1. The fourth-order valence-corrected chi connectivity index (χ4v) is 4.92. The Morgan fingerprint density at radius 2 is 1.39 bits per heavy atom. The Balaban J connectivity index is 1.18. The Morgan fingerprint density at radius 1 is 0.780 bits per heavy atom. The van der Waals surface area contributed by atoms with Crippen LogP contribution in [-0.4, -0.2) is 35.7 Å². The second kappa shape index (κ2) is 12.8. The smallest absolute Gasteiger partial charge is 0.407 e. The van der Waals surface area contributed by atoms with Crippen molar-refractivity contribution in [2.45, 2.75) is 31.4 Å². The number of amides is 2. The van der Waals surface area contributed by atoms with Gasteiger partial charge in [-0.2, -0.15) is 0 Å². The minimum Gasteiger partial charge on any atom is -0.489 e. The Bertz CT molecular complexity index is 1480. The van der Waals surface area contributed by atoms with Crippen molar-refractivity contribution in [3.8, 4) is 16.9 Å². The summed E-state index contributed by atoms with van der Waals surface area (Å²) in [5, 5.41) is 14.5. The van der Waals surface area contributed by atoms with E-state index in [-0.39, 0.29) is 25.4 Å². The summed E-state index contributed by atoms with van der Waals surface area (Å²) in [5.74, 6) is -1.12. The molecule has 0 heterocycles. The number of fused-ring (bicyclic) bond motifs is 3. The van der Waals surface area contributed by atoms with Crippen LogP contribution in [0.3, 0.4) is 0 Å². The Labute approximate surface area is 237 Å². The number of benzene rings is 4. The molecule has 208 valence electrons. The first-order chi connectivity index (χ1) is 20.0. The lowest BCUT2D eigenvalue weighted by molar-refractivity contribution is -0.137. The molecule has 1 atom stereocenters. The molecular weight excluding hydrogens is 520 g/mol. The van der Waals surface area contributed by atoms with Gasteiger partial charge in [0.25, 0.3) is 0 Å². The number of carbonyl (C=O) groups excluding carboxylic acids is 2. The van der Waals surface area contributed by atoms with Crippen LogP contribution < -0.4 is 15.4 Å². The van der Waals surface area contributed by atoms with Crippen molar-refractivity contribution in [1.82, 2.24) is 5.32 Å². The first kappa shape index (κ1) is 27.5. The van der Waals surface area contributed by atoms with Gasteiger partial charge >= 0.3 is 12.1 Å². The Hall–Kier alpha value is -5.11. The molecule has 0 bridgehead atoms. The van der Waals surface area contributed by atoms with E-state index in [0.29, 0.717) is 18.0 Å². The molecule has 2 amide bonds. The molecule has 1 aliphatic rings. The van der Waals surface area contributed by atoms with E-state index in [4.69, 9.17) is 9.47 Å². The van der Waals surface area contributed by atoms with E-state index < -0.39 is 24.0 Å². The lowest BCUT2D eigenvalue weighted by Crippen LogP contribution is -2.44. The van der Waals surface area contributed by atoms with E-state index in [1.807, 2.05) is 78.9 Å². The molecule has 4 aromatic carbocycles. The van der Waals surface area contributed by atoms with E-state index in [0.717, 1.165) is 27.8 Å². The van der Waals surface area contributed by atoms with E-state index >= 15 is 0 Å². The summed E-state index contributed by atoms with van der Waals surface area (Å²) < 4.78 is 11.3. The van der Waals surface area contributed by atoms with Gasteiger partial charge in [-0.15, -0.1) is 0 Å². The van der Waals surface area contributed by atoms with Crippen molar-refractivity contribution in [2.75, 3.05) is 11.9 Å². The monoisotopic (exact) mass is 550 g/mol. The van der Waals surface area contributed by atoms with Crippen LogP contribution in [0.15, 0.2) is 103 Å². The highest BCUT2D eigenvalue weighted by atomic mass is 16.5. The fourth-order valence-electron chi connectivity index (χ4n) is 4.92. The van der Waals surface area contributed by atoms with Gasteiger partial charge < -0.3 is 25.2 Å². The maximum Gasteiger partial charge on any atom is 0.407 e. The van der Waals surface area contributed by atoms with Crippen molar-refractivity contribution >= 4 is 23.7 Å². The zero-order valence-electron chi connectivity index (χ0n) is 22.3. The summed E-state index contributed by atoms with van der Waals surface area (Å²) in [6.45, 7) is 0.492. The van der Waals surface area contributed by atoms with Crippen LogP contribution in [0.4, 0.5) is 10.5 Å². The van der Waals surface area contributed by atoms with Crippen LogP contribution in [0.2, 0.25) is 0 Å². The third kappa shape index (κ3) is 6.91. The van der Waals surface area contributed by atoms with Gasteiger partial charge in [0.2, 0.25) is 5.91 Å². The number of ether oxygens (including phenoxy) is 2. The average Bonchev–Trinajstić information content (AvgIpc) is 3.32. The summed E-state index contributed by atoms with van der Waals surface area (Å²) in [6.07, 6.45) is -1.18. The highest BCUT2D eigenvalue weighted by Crippen LogP contribution is 2.44. The number of aliphatic carboxylic acids is 1. The van der Waals surface area contributed by atoms with Gasteiger partial charge in [0.1, 0.15) is 25.0 Å². The summed E-state index contributed by atoms with van der Waals surface area (Å²) in [5.41, 5.74) is 5.86. The molecule has 0 spiro atoms. The minimum absolute atomic E-state index is 0.0809. The minimum atomic E-state index is -1.10. The van der Waals surface area contributed by atoms with Gasteiger partial charge in [-0.05, 0) is 58.5 Å². The lowest BCUT2D eigenvalue weighted by Gasteiger charge is -2.19. The number of hydrogen-bond acceptors (Lipinski definition) is 5. The van der Waals surface area contributed by atoms with Crippen LogP contribution in [0.1, 0.15) is 35.4 Å². The Morgan fingerprint density at radius 3 is 2.02 bits per heavy atom. The molecule has 3 N–H and O–H groups in total. The normalized spacial score (nSPS) is 12.5. The predicted molar refractivity (Wildman–Crippen MR) is 155 cm³/mol. The van der Waals surface area contributed by atoms with Crippen molar-refractivity contribution in [1.29, 1.82) is 0 Å². The van der Waals surface area contributed by atoms with Crippen molar-refractivity contribution in [3.05, 3.63) is 120 Å². The number of carbonyl (C=O) groups is 3. The van der Waals surface area contributed by atoms with E-state index in [9.17, 15) is 19.5 Å². The molecule has 0 fully saturated rings. The molecular formula is C33H30N2O6. The zero-order valence-corrected chi connectivity index (χ0v) is 22.3. The third-order valence-corrected chi connectivity index (χ3v) is 6.97. The van der Waals surface area contributed by atoms with Crippen molar-refractivity contribution in [2.24, 2.45) is 0 Å². The maximum absolute atomic E-state index is 13.0. The fraction of sp³-hybridized carbons (Fsp3) is 0.182. The van der Waals surface area contributed by atoms with Gasteiger partial charge in [-0.3, -0.25) is 9.59 Å². The second-order valence-electron chi connectivity index (χ2n) is 9.74. The molecule has 5 rings (SSSR count). The number of carboxylic acid groups (broad SMARTS) is 1. The molecule has 0 saturated heterocycles. The van der Waals surface area contributed by atoms with Gasteiger partial charge in [0.05, 0.1) is 0 Å². The molecule has 0 saturated carbocycles. The number of anilines is 1. The summed E-state index contributed by atoms with van der Waals surface area (Å²) >= 11 is 0. The van der Waals surface area contributed by atoms with Gasteiger partial charge in [0.15, 0.2) is 0 Å². The van der Waals surface area contributed by atoms with Gasteiger partial charge in [0, 0.05) is 18.0 Å². The lowest BCUT2D eigenvalue weighted by atomic mass is 9.98. The van der Waals surface area contributed by atoms with Gasteiger partial charge in [-0.25, -0.2) is 4.79 Å². The standard InChI is InChI=1S/C33H30N2O6/c36-31(37)19-18-30(32(38)34-23-14-16-24(17-15-23)40-20-22-8-2-1-3-9-22)35-33(39)41-21-29-27-12-6-4-10-25(27)26-11-5-7-13-28(26)29/h1-17,29-30H,18-21H2,(H,34,38)(H,35,39)(H,36,37). The van der Waals surface area contributed by atoms with Crippen LogP contribution in [0.5, 0.6) is 5.75 Å². The molecule has 1 aliphatic carbocycles. The molecule has 0 aromatic heterocycles. The molecule has 1 unspecified atom stereocenters. The largest absolute Gasteiger partial charge is 0.489 e. The summed E-state index contributed by atoms with van der Waals surface area (Å²) in [6, 6.07) is 31.4. The maximum atomic E-state index is 13.0.